The molecule has 6 heteroatoms. The van der Waals surface area contributed by atoms with Gasteiger partial charge in [-0.15, -0.1) is 21.5 Å². The van der Waals surface area contributed by atoms with Crippen LogP contribution in [-0.2, 0) is 6.54 Å². The van der Waals surface area contributed by atoms with Crippen molar-refractivity contribution >= 4 is 28.6 Å². The summed E-state index contributed by atoms with van der Waals surface area (Å²) in [6.45, 7) is 2.80. The lowest BCUT2D eigenvalue weighted by molar-refractivity contribution is 0.568. The fourth-order valence-electron chi connectivity index (χ4n) is 1.87. The van der Waals surface area contributed by atoms with E-state index in [0.29, 0.717) is 5.89 Å². The Morgan fingerprint density at radius 3 is 2.95 bits per heavy atom. The van der Waals surface area contributed by atoms with Crippen molar-refractivity contribution in [3.05, 3.63) is 51.5 Å². The van der Waals surface area contributed by atoms with Crippen LogP contribution in [0.25, 0.3) is 11.5 Å². The predicted molar refractivity (Wildman–Crippen MR) is 81.1 cm³/mol. The third kappa shape index (κ3) is 2.84. The van der Waals surface area contributed by atoms with Crippen LogP contribution in [0, 0.1) is 6.92 Å². The predicted octanol–water partition coefficient (Wildman–Crippen LogP) is 4.37. The molecule has 102 valence electrons. The van der Waals surface area contributed by atoms with Gasteiger partial charge >= 0.3 is 0 Å². The monoisotopic (exact) mass is 305 g/mol. The van der Waals surface area contributed by atoms with Gasteiger partial charge in [-0.25, -0.2) is 0 Å². The van der Waals surface area contributed by atoms with E-state index in [1.165, 1.54) is 11.3 Å². The van der Waals surface area contributed by atoms with E-state index < -0.39 is 0 Å². The maximum Gasteiger partial charge on any atom is 0.247 e. The molecule has 20 heavy (non-hydrogen) atoms. The molecule has 2 heterocycles. The molecule has 2 aromatic heterocycles. The van der Waals surface area contributed by atoms with Gasteiger partial charge in [-0.05, 0) is 30.7 Å². The largest absolute Gasteiger partial charge is 0.423 e. The van der Waals surface area contributed by atoms with E-state index in [-0.39, 0.29) is 0 Å². The second-order valence-corrected chi connectivity index (χ2v) is 5.79. The molecule has 0 spiro atoms. The van der Waals surface area contributed by atoms with Crippen LogP contribution in [-0.4, -0.2) is 10.2 Å². The summed E-state index contributed by atoms with van der Waals surface area (Å²) in [4.78, 5) is 1.19. The molecule has 3 rings (SSSR count). The Hall–Kier alpha value is -1.85. The number of halogens is 1. The van der Waals surface area contributed by atoms with Gasteiger partial charge in [0.15, 0.2) is 0 Å². The molecule has 4 nitrogen and oxygen atoms in total. The zero-order valence-corrected chi connectivity index (χ0v) is 12.3. The van der Waals surface area contributed by atoms with Crippen LogP contribution in [0.1, 0.15) is 10.4 Å². The summed E-state index contributed by atoms with van der Waals surface area (Å²) in [5.41, 5.74) is 3.11. The molecular weight excluding hydrogens is 294 g/mol. The minimum Gasteiger partial charge on any atom is -0.423 e. The number of aryl methyl sites for hydroxylation is 1. The summed E-state index contributed by atoms with van der Waals surface area (Å²) in [5, 5.41) is 13.7. The van der Waals surface area contributed by atoms with Crippen molar-refractivity contribution < 1.29 is 4.42 Å². The van der Waals surface area contributed by atoms with E-state index in [9.17, 15) is 0 Å². The van der Waals surface area contributed by atoms with Gasteiger partial charge in [0, 0.05) is 28.1 Å². The smallest absolute Gasteiger partial charge is 0.247 e. The molecule has 0 saturated heterocycles. The maximum absolute atomic E-state index is 5.92. The number of nitrogens with zero attached hydrogens (tertiary/aromatic N) is 2. The van der Waals surface area contributed by atoms with Gasteiger partial charge in [0.25, 0.3) is 0 Å². The van der Waals surface area contributed by atoms with Crippen LogP contribution in [0.2, 0.25) is 5.02 Å². The summed E-state index contributed by atoms with van der Waals surface area (Å²) in [7, 11) is 0. The highest BCUT2D eigenvalue weighted by atomic mass is 35.5. The van der Waals surface area contributed by atoms with E-state index in [0.717, 1.165) is 28.4 Å². The van der Waals surface area contributed by atoms with Crippen molar-refractivity contribution in [3.8, 4) is 11.5 Å². The van der Waals surface area contributed by atoms with E-state index in [1.807, 2.05) is 29.6 Å². The Kier molecular flexibility index (Phi) is 3.71. The van der Waals surface area contributed by atoms with Crippen LogP contribution in [0.4, 0.5) is 5.69 Å². The summed E-state index contributed by atoms with van der Waals surface area (Å²) in [6, 6.07) is 7.98. The van der Waals surface area contributed by atoms with Crippen LogP contribution in [0.5, 0.6) is 0 Å². The molecule has 0 aliphatic rings. The van der Waals surface area contributed by atoms with Gasteiger partial charge in [-0.1, -0.05) is 17.7 Å². The third-order valence-electron chi connectivity index (χ3n) is 2.92. The lowest BCUT2D eigenvalue weighted by atomic mass is 10.1. The van der Waals surface area contributed by atoms with Crippen molar-refractivity contribution in [2.75, 3.05) is 5.32 Å². The molecule has 0 unspecified atom stereocenters. The quantitative estimate of drug-likeness (QED) is 0.777. The fourth-order valence-corrected chi connectivity index (χ4v) is 2.89. The van der Waals surface area contributed by atoms with Crippen molar-refractivity contribution in [2.45, 2.75) is 13.5 Å². The topological polar surface area (TPSA) is 51.0 Å². The maximum atomic E-state index is 5.92. The number of nitrogens with one attached hydrogen (secondary N) is 1. The SMILES string of the molecule is Cc1ccc(-c2nnco2)cc1NCc1cc(Cl)cs1. The Labute approximate surface area is 125 Å². The molecule has 0 aliphatic carbocycles. The number of aromatic nitrogens is 2. The molecule has 0 fully saturated rings. The average Bonchev–Trinajstić information content (AvgIpc) is 3.09. The van der Waals surface area contributed by atoms with Crippen LogP contribution in [0.3, 0.4) is 0 Å². The first-order valence-corrected chi connectivity index (χ1v) is 7.32. The van der Waals surface area contributed by atoms with Crippen molar-refractivity contribution in [1.82, 2.24) is 10.2 Å². The molecule has 0 amide bonds. The number of hydrogen-bond donors (Lipinski definition) is 1. The first-order valence-electron chi connectivity index (χ1n) is 6.06. The number of hydrogen-bond acceptors (Lipinski definition) is 5. The molecule has 0 saturated carbocycles. The van der Waals surface area contributed by atoms with Crippen molar-refractivity contribution in [3.63, 3.8) is 0 Å². The van der Waals surface area contributed by atoms with E-state index in [1.54, 1.807) is 11.3 Å². The van der Waals surface area contributed by atoms with E-state index in [2.05, 4.69) is 22.4 Å². The summed E-state index contributed by atoms with van der Waals surface area (Å²) in [6.07, 6.45) is 1.33. The molecule has 0 atom stereocenters. The first-order chi connectivity index (χ1) is 9.72. The highest BCUT2D eigenvalue weighted by molar-refractivity contribution is 7.10. The standard InChI is InChI=1S/C14H12ClN3OS/c1-9-2-3-10(14-18-17-8-19-14)4-13(9)16-6-12-5-11(15)7-20-12/h2-5,7-8,16H,6H2,1H3. The minimum absolute atomic E-state index is 0.521. The second-order valence-electron chi connectivity index (χ2n) is 4.36. The zero-order valence-electron chi connectivity index (χ0n) is 10.8. The molecule has 0 bridgehead atoms. The summed E-state index contributed by atoms with van der Waals surface area (Å²) >= 11 is 7.56. The average molecular weight is 306 g/mol. The normalized spacial score (nSPS) is 10.7. The number of anilines is 1. The third-order valence-corrected chi connectivity index (χ3v) is 4.20. The van der Waals surface area contributed by atoms with E-state index >= 15 is 0 Å². The number of benzene rings is 1. The van der Waals surface area contributed by atoms with Gasteiger partial charge in [-0.2, -0.15) is 0 Å². The van der Waals surface area contributed by atoms with Gasteiger partial charge < -0.3 is 9.73 Å². The summed E-state index contributed by atoms with van der Waals surface area (Å²) < 4.78 is 5.22. The molecular formula is C14H12ClN3OS. The zero-order chi connectivity index (χ0) is 13.9. The molecule has 0 aliphatic heterocycles. The summed E-state index contributed by atoms with van der Waals surface area (Å²) in [5.74, 6) is 0.521. The molecule has 1 aromatic carbocycles. The van der Waals surface area contributed by atoms with Gasteiger partial charge in [0.2, 0.25) is 12.3 Å². The first kappa shape index (κ1) is 13.1. The highest BCUT2D eigenvalue weighted by Gasteiger charge is 2.07. The van der Waals surface area contributed by atoms with Crippen LogP contribution < -0.4 is 5.32 Å². The molecule has 1 N–H and O–H groups in total. The van der Waals surface area contributed by atoms with Crippen molar-refractivity contribution in [1.29, 1.82) is 0 Å². The van der Waals surface area contributed by atoms with Crippen molar-refractivity contribution in [2.24, 2.45) is 0 Å². The Bertz CT molecular complexity index is 709. The highest BCUT2D eigenvalue weighted by Crippen LogP contribution is 2.25. The van der Waals surface area contributed by atoms with Crippen LogP contribution in [0.15, 0.2) is 40.5 Å². The van der Waals surface area contributed by atoms with Gasteiger partial charge in [0.1, 0.15) is 0 Å². The Morgan fingerprint density at radius 2 is 2.25 bits per heavy atom. The number of rotatable bonds is 4. The molecule has 0 radical (unpaired) electrons. The second kappa shape index (κ2) is 5.64. The number of thiophene rings is 1. The fraction of sp³-hybridized carbons (Fsp3) is 0.143. The van der Waals surface area contributed by atoms with Crippen LogP contribution >= 0.6 is 22.9 Å². The minimum atomic E-state index is 0.521. The van der Waals surface area contributed by atoms with Gasteiger partial charge in [-0.3, -0.25) is 0 Å². The Morgan fingerprint density at radius 1 is 1.35 bits per heavy atom. The Balaban J connectivity index is 1.80. The lowest BCUT2D eigenvalue weighted by Crippen LogP contribution is -1.99. The van der Waals surface area contributed by atoms with Gasteiger partial charge in [0.05, 0.1) is 5.02 Å². The molecule has 3 aromatic rings. The lowest BCUT2D eigenvalue weighted by Gasteiger charge is -2.09. The van der Waals surface area contributed by atoms with E-state index in [4.69, 9.17) is 16.0 Å².